The maximum atomic E-state index is 12.8. The van der Waals surface area contributed by atoms with Crippen molar-refractivity contribution in [3.8, 4) is 11.1 Å². The fourth-order valence-electron chi connectivity index (χ4n) is 5.61. The van der Waals surface area contributed by atoms with E-state index in [0.29, 0.717) is 18.3 Å². The minimum absolute atomic E-state index is 0.00141. The average molecular weight is 575 g/mol. The smallest absolute Gasteiger partial charge is 0.319 e. The number of para-hydroxylation sites is 1. The third-order valence-corrected chi connectivity index (χ3v) is 7.93. The van der Waals surface area contributed by atoms with E-state index in [4.69, 9.17) is 9.97 Å². The Balaban J connectivity index is 1.20. The highest BCUT2D eigenvalue weighted by atomic mass is 16.2. The van der Waals surface area contributed by atoms with E-state index in [1.165, 1.54) is 11.1 Å². The Bertz CT molecular complexity index is 1650. The molecule has 2 amide bonds. The fourth-order valence-corrected chi connectivity index (χ4v) is 5.61. The molecule has 4 N–H and O–H groups in total. The van der Waals surface area contributed by atoms with Crippen LogP contribution in [-0.2, 0) is 6.54 Å². The van der Waals surface area contributed by atoms with Crippen LogP contribution in [0.1, 0.15) is 51.1 Å². The number of carbonyl (C=O) groups excluding carboxylic acids is 1. The second-order valence-corrected chi connectivity index (χ2v) is 11.3. The van der Waals surface area contributed by atoms with Gasteiger partial charge in [0.2, 0.25) is 5.95 Å². The first-order valence-corrected chi connectivity index (χ1v) is 15.1. The van der Waals surface area contributed by atoms with Gasteiger partial charge >= 0.3 is 6.03 Å². The molecule has 1 aliphatic carbocycles. The lowest BCUT2D eigenvalue weighted by Gasteiger charge is -2.32. The molecule has 3 aromatic carbocycles. The summed E-state index contributed by atoms with van der Waals surface area (Å²) in [7, 11) is 0. The number of imidazole rings is 1. The molecule has 9 heteroatoms. The van der Waals surface area contributed by atoms with E-state index in [0.717, 1.165) is 48.1 Å². The molecule has 0 radical (unpaired) electrons. The van der Waals surface area contributed by atoms with Gasteiger partial charge in [-0.2, -0.15) is 9.97 Å². The normalized spacial score (nSPS) is 16.6. The first-order valence-electron chi connectivity index (χ1n) is 15.1. The predicted octanol–water partition coefficient (Wildman–Crippen LogP) is 7.23. The SMILES string of the molecule is CC(C)n1cnc2c(NCc3ccc(-c4ccccc4)cc3)nc(N[C@H]3CCCC[C@H]3NC(=O)Nc3ccccc3)nc21. The second-order valence-electron chi connectivity index (χ2n) is 11.3. The average Bonchev–Trinajstić information content (AvgIpc) is 3.47. The van der Waals surface area contributed by atoms with E-state index in [9.17, 15) is 4.79 Å². The predicted molar refractivity (Wildman–Crippen MR) is 173 cm³/mol. The van der Waals surface area contributed by atoms with Gasteiger partial charge in [-0.3, -0.25) is 0 Å². The number of aromatic nitrogens is 4. The quantitative estimate of drug-likeness (QED) is 0.148. The van der Waals surface area contributed by atoms with Crippen LogP contribution in [-0.4, -0.2) is 37.6 Å². The van der Waals surface area contributed by atoms with E-state index in [1.54, 1.807) is 0 Å². The molecule has 9 nitrogen and oxygen atoms in total. The van der Waals surface area contributed by atoms with Gasteiger partial charge in [0, 0.05) is 24.3 Å². The van der Waals surface area contributed by atoms with Crippen molar-refractivity contribution in [3.63, 3.8) is 0 Å². The van der Waals surface area contributed by atoms with E-state index < -0.39 is 0 Å². The van der Waals surface area contributed by atoms with Crippen molar-refractivity contribution in [2.45, 2.75) is 64.2 Å². The van der Waals surface area contributed by atoms with Crippen molar-refractivity contribution >= 4 is 34.6 Å². The number of nitrogens with one attached hydrogen (secondary N) is 4. The Labute approximate surface area is 252 Å². The number of carbonyl (C=O) groups is 1. The number of nitrogens with zero attached hydrogens (tertiary/aromatic N) is 4. The molecule has 0 spiro atoms. The van der Waals surface area contributed by atoms with E-state index in [1.807, 2.05) is 42.7 Å². The molecule has 1 fully saturated rings. The monoisotopic (exact) mass is 574 g/mol. The van der Waals surface area contributed by atoms with Crippen LogP contribution >= 0.6 is 0 Å². The molecule has 5 aromatic rings. The van der Waals surface area contributed by atoms with Crippen LogP contribution in [0.4, 0.5) is 22.2 Å². The Morgan fingerprint density at radius 3 is 2.26 bits per heavy atom. The molecule has 43 heavy (non-hydrogen) atoms. The summed E-state index contributed by atoms with van der Waals surface area (Å²) in [5.41, 5.74) is 5.80. The molecule has 0 unspecified atom stereocenters. The Kier molecular flexibility index (Phi) is 8.49. The Morgan fingerprint density at radius 1 is 0.860 bits per heavy atom. The van der Waals surface area contributed by atoms with Crippen molar-refractivity contribution in [2.24, 2.45) is 0 Å². The summed E-state index contributed by atoms with van der Waals surface area (Å²) >= 11 is 0. The zero-order valence-corrected chi connectivity index (χ0v) is 24.6. The summed E-state index contributed by atoms with van der Waals surface area (Å²) in [5.74, 6) is 1.21. The summed E-state index contributed by atoms with van der Waals surface area (Å²) in [4.78, 5) is 27.3. The Hall–Kier alpha value is -4.92. The fraction of sp³-hybridized carbons (Fsp3) is 0.294. The van der Waals surface area contributed by atoms with Gasteiger partial charge in [-0.15, -0.1) is 0 Å². The van der Waals surface area contributed by atoms with Gasteiger partial charge in [-0.1, -0.05) is 85.6 Å². The zero-order valence-electron chi connectivity index (χ0n) is 24.6. The number of hydrogen-bond acceptors (Lipinski definition) is 6. The highest BCUT2D eigenvalue weighted by Crippen LogP contribution is 2.27. The van der Waals surface area contributed by atoms with Crippen molar-refractivity contribution in [3.05, 3.63) is 96.8 Å². The molecule has 2 aromatic heterocycles. The molecular formula is C34H38N8O. The lowest BCUT2D eigenvalue weighted by Crippen LogP contribution is -2.50. The minimum Gasteiger partial charge on any atom is -0.364 e. The molecule has 2 atom stereocenters. The van der Waals surface area contributed by atoms with Gasteiger partial charge in [0.25, 0.3) is 0 Å². The molecular weight excluding hydrogens is 536 g/mol. The second kappa shape index (κ2) is 12.9. The van der Waals surface area contributed by atoms with Crippen LogP contribution in [0.15, 0.2) is 91.3 Å². The van der Waals surface area contributed by atoms with Gasteiger partial charge < -0.3 is 25.8 Å². The third-order valence-electron chi connectivity index (χ3n) is 7.93. The third kappa shape index (κ3) is 6.77. The van der Waals surface area contributed by atoms with E-state index >= 15 is 0 Å². The number of anilines is 3. The van der Waals surface area contributed by atoms with Crippen molar-refractivity contribution in [2.75, 3.05) is 16.0 Å². The molecule has 6 rings (SSSR count). The highest BCUT2D eigenvalue weighted by molar-refractivity contribution is 5.89. The van der Waals surface area contributed by atoms with Crippen LogP contribution in [0.3, 0.4) is 0 Å². The van der Waals surface area contributed by atoms with Crippen LogP contribution in [0.2, 0.25) is 0 Å². The van der Waals surface area contributed by atoms with Crippen LogP contribution in [0.5, 0.6) is 0 Å². The topological polar surface area (TPSA) is 109 Å². The largest absolute Gasteiger partial charge is 0.364 e. The standard InChI is InChI=1S/C34H38N8O/c1-23(2)42-22-36-30-31(35-21-24-17-19-26(20-18-24)25-11-5-3-6-12-25)40-33(41-32(30)42)38-28-15-9-10-16-29(28)39-34(43)37-27-13-7-4-8-14-27/h3-8,11-14,17-20,22-23,28-29H,9-10,15-16,21H2,1-2H3,(H2,37,39,43)(H2,35,38,40,41)/t28-,29+/m0/s1. The van der Waals surface area contributed by atoms with E-state index in [2.05, 4.69) is 93.2 Å². The number of urea groups is 1. The number of benzene rings is 3. The van der Waals surface area contributed by atoms with Crippen molar-refractivity contribution < 1.29 is 4.79 Å². The lowest BCUT2D eigenvalue weighted by atomic mass is 9.90. The van der Waals surface area contributed by atoms with Crippen LogP contribution < -0.4 is 21.3 Å². The van der Waals surface area contributed by atoms with Crippen LogP contribution in [0, 0.1) is 0 Å². The number of amides is 2. The number of fused-ring (bicyclic) bond motifs is 1. The van der Waals surface area contributed by atoms with Crippen molar-refractivity contribution in [1.29, 1.82) is 0 Å². The first kappa shape index (κ1) is 28.2. The molecule has 1 aliphatic rings. The first-order chi connectivity index (χ1) is 21.0. The van der Waals surface area contributed by atoms with Crippen molar-refractivity contribution in [1.82, 2.24) is 24.8 Å². The summed E-state index contributed by atoms with van der Waals surface area (Å²) in [6.45, 7) is 4.83. The summed E-state index contributed by atoms with van der Waals surface area (Å²) in [5, 5.41) is 13.2. The van der Waals surface area contributed by atoms with Gasteiger partial charge in [-0.25, -0.2) is 9.78 Å². The molecule has 0 aliphatic heterocycles. The minimum atomic E-state index is -0.209. The zero-order chi connectivity index (χ0) is 29.6. The maximum absolute atomic E-state index is 12.8. The highest BCUT2D eigenvalue weighted by Gasteiger charge is 2.28. The lowest BCUT2D eigenvalue weighted by molar-refractivity contribution is 0.242. The summed E-state index contributed by atoms with van der Waals surface area (Å²) in [6.07, 6.45) is 5.76. The summed E-state index contributed by atoms with van der Waals surface area (Å²) in [6, 6.07) is 28.4. The van der Waals surface area contributed by atoms with Gasteiger partial charge in [0.05, 0.1) is 12.4 Å². The van der Waals surface area contributed by atoms with Gasteiger partial charge in [0.1, 0.15) is 0 Å². The molecule has 220 valence electrons. The molecule has 0 saturated heterocycles. The van der Waals surface area contributed by atoms with E-state index in [-0.39, 0.29) is 24.2 Å². The van der Waals surface area contributed by atoms with Crippen LogP contribution in [0.25, 0.3) is 22.3 Å². The maximum Gasteiger partial charge on any atom is 0.319 e. The Morgan fingerprint density at radius 2 is 1.53 bits per heavy atom. The van der Waals surface area contributed by atoms with Gasteiger partial charge in [-0.05, 0) is 55.5 Å². The number of rotatable bonds is 9. The summed E-state index contributed by atoms with van der Waals surface area (Å²) < 4.78 is 2.06. The molecule has 2 heterocycles. The number of hydrogen-bond donors (Lipinski definition) is 4. The van der Waals surface area contributed by atoms with Gasteiger partial charge in [0.15, 0.2) is 17.0 Å². The molecule has 0 bridgehead atoms. The molecule has 1 saturated carbocycles.